The van der Waals surface area contributed by atoms with Crippen LogP contribution in [0.1, 0.15) is 63.2 Å². The molecular weight excluding hydrogens is 412 g/mol. The molecule has 1 N–H and O–H groups in total. The first-order chi connectivity index (χ1) is 15.2. The van der Waals surface area contributed by atoms with E-state index in [1.807, 2.05) is 0 Å². The van der Waals surface area contributed by atoms with Crippen LogP contribution < -0.4 is 10.1 Å². The van der Waals surface area contributed by atoms with Crippen molar-refractivity contribution in [3.8, 4) is 5.75 Å². The number of methoxy groups -OCH3 is 1. The second kappa shape index (κ2) is 9.30. The maximum absolute atomic E-state index is 6.82. The van der Waals surface area contributed by atoms with Gasteiger partial charge in [0, 0.05) is 11.6 Å². The fourth-order valence-corrected chi connectivity index (χ4v) is 6.09. The summed E-state index contributed by atoms with van der Waals surface area (Å²) in [6.45, 7) is 12.4. The molecule has 0 aromatic heterocycles. The first-order valence-electron chi connectivity index (χ1n) is 12.1. The van der Waals surface area contributed by atoms with Crippen molar-refractivity contribution < 1.29 is 9.16 Å². The van der Waals surface area contributed by atoms with Crippen LogP contribution >= 0.6 is 0 Å². The summed E-state index contributed by atoms with van der Waals surface area (Å²) in [5.74, 6) is 0.978. The number of ether oxygens (including phenoxy) is 1. The number of benzene rings is 2. The number of hydrogen-bond acceptors (Lipinski definition) is 4. The molecule has 2 heterocycles. The summed E-state index contributed by atoms with van der Waals surface area (Å²) in [4.78, 5) is 2.73. The lowest BCUT2D eigenvalue weighted by Gasteiger charge is -2.43. The average Bonchev–Trinajstić information content (AvgIpc) is 2.98. The van der Waals surface area contributed by atoms with E-state index in [4.69, 9.17) is 9.16 Å². The number of piperidine rings is 1. The molecule has 2 bridgehead atoms. The highest BCUT2D eigenvalue weighted by Crippen LogP contribution is 2.45. The number of para-hydroxylation sites is 1. The number of nitrogens with one attached hydrogen (secondary N) is 1. The minimum Gasteiger partial charge on any atom is -0.496 e. The number of hydrogen-bond donors (Lipinski definition) is 1. The second-order valence-electron chi connectivity index (χ2n) is 10.8. The lowest BCUT2D eigenvalue weighted by molar-refractivity contribution is 0.0471. The Hall–Kier alpha value is -1.66. The molecule has 2 fully saturated rings. The maximum atomic E-state index is 6.82. The summed E-state index contributed by atoms with van der Waals surface area (Å²) < 4.78 is 12.6. The normalized spacial score (nSPS) is 25.0. The highest BCUT2D eigenvalue weighted by atomic mass is 28.4. The van der Waals surface area contributed by atoms with E-state index >= 15 is 0 Å². The Kier molecular flexibility index (Phi) is 6.83. The predicted octanol–water partition coefficient (Wildman–Crippen LogP) is 6.28. The van der Waals surface area contributed by atoms with Crippen LogP contribution in [0, 0.1) is 0 Å². The van der Waals surface area contributed by atoms with E-state index in [-0.39, 0.29) is 17.1 Å². The molecule has 2 aromatic rings. The van der Waals surface area contributed by atoms with Crippen molar-refractivity contribution >= 4 is 8.32 Å². The van der Waals surface area contributed by atoms with Gasteiger partial charge in [0.1, 0.15) is 5.75 Å². The maximum Gasteiger partial charge on any atom is 0.192 e. The highest BCUT2D eigenvalue weighted by Gasteiger charge is 2.48. The molecule has 2 saturated heterocycles. The summed E-state index contributed by atoms with van der Waals surface area (Å²) in [5.41, 5.74) is 2.62. The van der Waals surface area contributed by atoms with Gasteiger partial charge >= 0.3 is 0 Å². The molecule has 32 heavy (non-hydrogen) atoms. The smallest absolute Gasteiger partial charge is 0.192 e. The summed E-state index contributed by atoms with van der Waals surface area (Å²) >= 11 is 0. The lowest BCUT2D eigenvalue weighted by atomic mass is 9.91. The van der Waals surface area contributed by atoms with E-state index in [2.05, 4.69) is 98.7 Å². The molecule has 4 nitrogen and oxygen atoms in total. The summed E-state index contributed by atoms with van der Waals surface area (Å²) in [6.07, 6.45) is 3.98. The molecule has 2 aromatic carbocycles. The molecule has 5 heteroatoms. The Labute approximate surface area is 195 Å². The van der Waals surface area contributed by atoms with Crippen LogP contribution in [0.25, 0.3) is 0 Å². The zero-order valence-corrected chi connectivity index (χ0v) is 21.6. The van der Waals surface area contributed by atoms with Crippen molar-refractivity contribution in [2.75, 3.05) is 13.7 Å². The number of nitrogens with zero attached hydrogens (tertiary/aromatic N) is 1. The van der Waals surface area contributed by atoms with Gasteiger partial charge in [-0.15, -0.1) is 0 Å². The monoisotopic (exact) mass is 452 g/mol. The van der Waals surface area contributed by atoms with Crippen LogP contribution in [0.5, 0.6) is 5.75 Å². The van der Waals surface area contributed by atoms with Crippen molar-refractivity contribution in [3.63, 3.8) is 0 Å². The van der Waals surface area contributed by atoms with E-state index in [0.717, 1.165) is 12.4 Å². The van der Waals surface area contributed by atoms with Gasteiger partial charge in [-0.25, -0.2) is 0 Å². The Morgan fingerprint density at radius 1 is 1.03 bits per heavy atom. The molecular formula is C27H40N2O2Si. The number of fused-ring (bicyclic) bond motifs is 2. The van der Waals surface area contributed by atoms with Gasteiger partial charge in [-0.2, -0.15) is 0 Å². The first kappa shape index (κ1) is 23.5. The van der Waals surface area contributed by atoms with Crippen LogP contribution in [0.4, 0.5) is 0 Å². The van der Waals surface area contributed by atoms with Crippen LogP contribution in [-0.2, 0) is 4.43 Å². The van der Waals surface area contributed by atoms with Crippen molar-refractivity contribution in [1.29, 1.82) is 0 Å². The SMILES string of the molecule is COc1ccccc1[C@H]1N[C@H]2CCC[C@@H]1N2[C@@H](CO[Si](C)(C)C(C)(C)C)c1ccccc1. The van der Waals surface area contributed by atoms with Gasteiger partial charge in [0.2, 0.25) is 0 Å². The molecule has 0 radical (unpaired) electrons. The Balaban J connectivity index is 1.66. The molecule has 0 unspecified atom stereocenters. The molecule has 0 amide bonds. The molecule has 4 rings (SSSR count). The van der Waals surface area contributed by atoms with Gasteiger partial charge in [0.15, 0.2) is 8.32 Å². The van der Waals surface area contributed by atoms with Crippen LogP contribution in [0.15, 0.2) is 54.6 Å². The van der Waals surface area contributed by atoms with Gasteiger partial charge in [-0.05, 0) is 49.0 Å². The van der Waals surface area contributed by atoms with Crippen molar-refractivity contribution in [2.24, 2.45) is 0 Å². The third-order valence-corrected chi connectivity index (χ3v) is 12.4. The van der Waals surface area contributed by atoms with Gasteiger partial charge < -0.3 is 9.16 Å². The first-order valence-corrected chi connectivity index (χ1v) is 15.0. The topological polar surface area (TPSA) is 33.7 Å². The van der Waals surface area contributed by atoms with Crippen molar-refractivity contribution in [1.82, 2.24) is 10.2 Å². The highest BCUT2D eigenvalue weighted by molar-refractivity contribution is 6.74. The fourth-order valence-electron chi connectivity index (χ4n) is 5.08. The van der Waals surface area contributed by atoms with Crippen LogP contribution in [0.3, 0.4) is 0 Å². The lowest BCUT2D eigenvalue weighted by Crippen LogP contribution is -2.48. The number of rotatable bonds is 7. The molecule has 0 saturated carbocycles. The Morgan fingerprint density at radius 3 is 2.41 bits per heavy atom. The molecule has 4 atom stereocenters. The Bertz CT molecular complexity index is 896. The molecule has 0 aliphatic carbocycles. The van der Waals surface area contributed by atoms with E-state index in [9.17, 15) is 0 Å². The third-order valence-electron chi connectivity index (χ3n) is 7.90. The zero-order chi connectivity index (χ0) is 22.9. The molecule has 2 aliphatic rings. The summed E-state index contributed by atoms with van der Waals surface area (Å²) in [5, 5.41) is 4.18. The van der Waals surface area contributed by atoms with Gasteiger partial charge in [-0.3, -0.25) is 10.2 Å². The molecule has 174 valence electrons. The largest absolute Gasteiger partial charge is 0.496 e. The van der Waals surface area contributed by atoms with E-state index in [1.54, 1.807) is 7.11 Å². The third kappa shape index (κ3) is 4.53. The predicted molar refractivity (Wildman–Crippen MR) is 134 cm³/mol. The average molecular weight is 453 g/mol. The summed E-state index contributed by atoms with van der Waals surface area (Å²) in [6, 6.07) is 20.4. The van der Waals surface area contributed by atoms with Gasteiger partial charge in [0.05, 0.1) is 32.0 Å². The van der Waals surface area contributed by atoms with Crippen molar-refractivity contribution in [3.05, 3.63) is 65.7 Å². The molecule has 0 spiro atoms. The molecule has 2 aliphatic heterocycles. The second-order valence-corrected chi connectivity index (χ2v) is 15.7. The zero-order valence-electron chi connectivity index (χ0n) is 20.6. The van der Waals surface area contributed by atoms with Gasteiger partial charge in [0.25, 0.3) is 0 Å². The Morgan fingerprint density at radius 2 is 1.72 bits per heavy atom. The van der Waals surface area contributed by atoms with E-state index in [1.165, 1.54) is 30.4 Å². The quantitative estimate of drug-likeness (QED) is 0.501. The van der Waals surface area contributed by atoms with Gasteiger partial charge in [-0.1, -0.05) is 69.3 Å². The van der Waals surface area contributed by atoms with Crippen LogP contribution in [0.2, 0.25) is 18.1 Å². The standard InChI is InChI=1S/C27H40N2O2Si/c1-27(2,3)32(5,6)31-19-23(20-13-8-7-9-14-20)29-22-16-12-18-25(29)28-26(22)21-15-10-11-17-24(21)30-4/h7-11,13-15,17,22-23,25-26,28H,12,16,18-19H2,1-6H3/t22-,23-,25+,26+/m0/s1. The van der Waals surface area contributed by atoms with E-state index < -0.39 is 8.32 Å². The summed E-state index contributed by atoms with van der Waals surface area (Å²) in [7, 11) is -0.0752. The van der Waals surface area contributed by atoms with Crippen molar-refractivity contribution in [2.45, 2.75) is 82.5 Å². The minimum atomic E-state index is -1.85. The van der Waals surface area contributed by atoms with E-state index in [0.29, 0.717) is 12.2 Å². The minimum absolute atomic E-state index is 0.202. The fraction of sp³-hybridized carbons (Fsp3) is 0.556. The van der Waals surface area contributed by atoms with Crippen LogP contribution in [-0.4, -0.2) is 39.1 Å².